The van der Waals surface area contributed by atoms with E-state index in [0.29, 0.717) is 6.42 Å². The monoisotopic (exact) mass is 572 g/mol. The molecule has 2 aromatic rings. The first-order chi connectivity index (χ1) is 19.3. The summed E-state index contributed by atoms with van der Waals surface area (Å²) in [6, 6.07) is 16.0. The summed E-state index contributed by atoms with van der Waals surface area (Å²) in [7, 11) is 0. The van der Waals surface area contributed by atoms with Crippen LogP contribution in [0.3, 0.4) is 0 Å². The molecule has 12 heteroatoms. The third kappa shape index (κ3) is 9.26. The molecule has 1 saturated heterocycles. The number of amides is 4. The van der Waals surface area contributed by atoms with Gasteiger partial charge in [0.15, 0.2) is 0 Å². The number of nitrogens with one attached hydrogen (secondary N) is 3. The van der Waals surface area contributed by atoms with Crippen molar-refractivity contribution in [2.45, 2.75) is 43.8 Å². The van der Waals surface area contributed by atoms with Crippen molar-refractivity contribution in [3.05, 3.63) is 71.8 Å². The molecule has 0 saturated carbocycles. The number of likely N-dealkylation sites (tertiary alicyclic amines) is 1. The molecule has 214 valence electrons. The molecule has 2 aromatic carbocycles. The molecular weight excluding hydrogens is 540 g/mol. The number of rotatable bonds is 12. The van der Waals surface area contributed by atoms with Gasteiger partial charge in [-0.25, -0.2) is 4.79 Å². The Labute approximate surface area is 237 Å². The quantitative estimate of drug-likeness (QED) is 0.258. The first kappa shape index (κ1) is 30.4. The molecule has 11 nitrogen and oxygen atoms in total. The fraction of sp³-hybridized carbons (Fsp3) is 0.393. The van der Waals surface area contributed by atoms with Crippen LogP contribution in [0.4, 0.5) is 4.79 Å². The molecule has 0 radical (unpaired) electrons. The zero-order valence-electron chi connectivity index (χ0n) is 22.1. The largest absolute Gasteiger partial charge is 0.465 e. The average Bonchev–Trinajstić information content (AvgIpc) is 3.35. The number of hydrogen-bond donors (Lipinski definition) is 3. The van der Waals surface area contributed by atoms with E-state index in [1.807, 2.05) is 36.4 Å². The number of carbonyl (C=O) groups excluding carboxylic acids is 5. The van der Waals surface area contributed by atoms with Crippen LogP contribution in [-0.2, 0) is 41.7 Å². The van der Waals surface area contributed by atoms with Gasteiger partial charge in [-0.1, -0.05) is 60.7 Å². The van der Waals surface area contributed by atoms with Gasteiger partial charge < -0.3 is 30.3 Å². The summed E-state index contributed by atoms with van der Waals surface area (Å²) in [5, 5.41) is 6.83. The van der Waals surface area contributed by atoms with Gasteiger partial charge in [0.25, 0.3) is 0 Å². The number of nitrogens with zero attached hydrogens (tertiary/aromatic N) is 1. The summed E-state index contributed by atoms with van der Waals surface area (Å²) < 4.78 is 9.95. The SMILES string of the molecule is CCOC(=O)CNC(=O)[C@@H]1C(Cl)CCN1C(=O)[C@H](Cc1ccccc1)NC(=O)CNC(=O)OCc1ccccc1. The van der Waals surface area contributed by atoms with Crippen molar-refractivity contribution in [1.82, 2.24) is 20.9 Å². The molecule has 0 spiro atoms. The predicted octanol–water partition coefficient (Wildman–Crippen LogP) is 1.53. The second-order valence-electron chi connectivity index (χ2n) is 9.03. The lowest BCUT2D eigenvalue weighted by atomic mass is 10.0. The Morgan fingerprint density at radius 3 is 2.23 bits per heavy atom. The number of halogens is 1. The van der Waals surface area contributed by atoms with E-state index in [1.54, 1.807) is 31.2 Å². The van der Waals surface area contributed by atoms with Gasteiger partial charge >= 0.3 is 12.1 Å². The molecule has 1 heterocycles. The summed E-state index contributed by atoms with van der Waals surface area (Å²) >= 11 is 6.40. The summed E-state index contributed by atoms with van der Waals surface area (Å²) in [6.45, 7) is 1.27. The minimum absolute atomic E-state index is 0.0393. The van der Waals surface area contributed by atoms with Crippen molar-refractivity contribution in [2.75, 3.05) is 26.2 Å². The van der Waals surface area contributed by atoms with Gasteiger partial charge in [0.2, 0.25) is 17.7 Å². The number of ether oxygens (including phenoxy) is 2. The molecule has 3 N–H and O–H groups in total. The Morgan fingerprint density at radius 2 is 1.57 bits per heavy atom. The van der Waals surface area contributed by atoms with Gasteiger partial charge in [-0.2, -0.15) is 0 Å². The van der Waals surface area contributed by atoms with Crippen LogP contribution in [0.25, 0.3) is 0 Å². The van der Waals surface area contributed by atoms with E-state index < -0.39 is 53.8 Å². The number of benzene rings is 2. The van der Waals surface area contributed by atoms with Crippen molar-refractivity contribution in [1.29, 1.82) is 0 Å². The highest BCUT2D eigenvalue weighted by molar-refractivity contribution is 6.23. The minimum atomic E-state index is -1.04. The average molecular weight is 573 g/mol. The Balaban J connectivity index is 1.63. The minimum Gasteiger partial charge on any atom is -0.465 e. The molecule has 4 amide bonds. The maximum atomic E-state index is 13.7. The highest BCUT2D eigenvalue weighted by atomic mass is 35.5. The predicted molar refractivity (Wildman–Crippen MR) is 146 cm³/mol. The molecule has 1 aliphatic heterocycles. The standard InChI is InChI=1S/C28H33ClN4O7/c1-2-39-24(35)17-30-26(36)25-21(29)13-14-33(25)27(37)22(15-19-9-5-3-6-10-19)32-23(34)16-31-28(38)40-18-20-11-7-4-8-12-20/h3-12,21-22,25H,2,13-18H2,1H3,(H,30,36)(H,31,38)(H,32,34)/t21?,22-,25-/m0/s1. The smallest absolute Gasteiger partial charge is 0.407 e. The highest BCUT2D eigenvalue weighted by Gasteiger charge is 2.43. The molecule has 0 aliphatic carbocycles. The zero-order chi connectivity index (χ0) is 28.9. The van der Waals surface area contributed by atoms with E-state index >= 15 is 0 Å². The zero-order valence-corrected chi connectivity index (χ0v) is 22.9. The number of carbonyl (C=O) groups is 5. The molecule has 1 fully saturated rings. The number of alkyl halides is 1. The summed E-state index contributed by atoms with van der Waals surface area (Å²) in [4.78, 5) is 64.3. The Morgan fingerprint density at radius 1 is 0.925 bits per heavy atom. The third-order valence-corrected chi connectivity index (χ3v) is 6.57. The van der Waals surface area contributed by atoms with Gasteiger partial charge in [0, 0.05) is 13.0 Å². The summed E-state index contributed by atoms with van der Waals surface area (Å²) in [6.07, 6.45) is -0.288. The fourth-order valence-corrected chi connectivity index (χ4v) is 4.55. The topological polar surface area (TPSA) is 143 Å². The van der Waals surface area contributed by atoms with Gasteiger partial charge in [-0.05, 0) is 24.5 Å². The maximum absolute atomic E-state index is 13.7. The van der Waals surface area contributed by atoms with Crippen LogP contribution in [0.2, 0.25) is 0 Å². The van der Waals surface area contributed by atoms with Gasteiger partial charge in [-0.15, -0.1) is 11.6 Å². The van der Waals surface area contributed by atoms with Crippen molar-refractivity contribution in [2.24, 2.45) is 0 Å². The first-order valence-electron chi connectivity index (χ1n) is 12.9. The second-order valence-corrected chi connectivity index (χ2v) is 9.59. The Kier molecular flexibility index (Phi) is 11.8. The molecule has 1 aliphatic rings. The summed E-state index contributed by atoms with van der Waals surface area (Å²) in [5.74, 6) is -2.33. The molecule has 1 unspecified atom stereocenters. The van der Waals surface area contributed by atoms with E-state index in [1.165, 1.54) is 4.90 Å². The van der Waals surface area contributed by atoms with E-state index in [4.69, 9.17) is 21.1 Å². The van der Waals surface area contributed by atoms with Crippen molar-refractivity contribution in [3.63, 3.8) is 0 Å². The second kappa shape index (κ2) is 15.5. The van der Waals surface area contributed by atoms with Crippen LogP contribution < -0.4 is 16.0 Å². The van der Waals surface area contributed by atoms with E-state index in [0.717, 1.165) is 11.1 Å². The molecule has 0 aromatic heterocycles. The lowest BCUT2D eigenvalue weighted by Crippen LogP contribution is -2.56. The first-order valence-corrected chi connectivity index (χ1v) is 13.4. The van der Waals surface area contributed by atoms with Crippen molar-refractivity contribution in [3.8, 4) is 0 Å². The third-order valence-electron chi connectivity index (χ3n) is 6.11. The fourth-order valence-electron chi connectivity index (χ4n) is 4.21. The molecular formula is C28H33ClN4O7. The Hall–Kier alpha value is -4.12. The van der Waals surface area contributed by atoms with E-state index in [9.17, 15) is 24.0 Å². The molecule has 3 rings (SSSR count). The lowest BCUT2D eigenvalue weighted by molar-refractivity contribution is -0.145. The number of alkyl carbamates (subject to hydrolysis) is 1. The van der Waals surface area contributed by atoms with Gasteiger partial charge in [-0.3, -0.25) is 19.2 Å². The molecule has 3 atom stereocenters. The van der Waals surface area contributed by atoms with Gasteiger partial charge in [0.1, 0.15) is 31.8 Å². The van der Waals surface area contributed by atoms with E-state index in [-0.39, 0.29) is 32.7 Å². The van der Waals surface area contributed by atoms with Crippen LogP contribution in [0.5, 0.6) is 0 Å². The normalized spacial score (nSPS) is 16.9. The summed E-state index contributed by atoms with van der Waals surface area (Å²) in [5.41, 5.74) is 1.57. The van der Waals surface area contributed by atoms with Crippen LogP contribution >= 0.6 is 11.6 Å². The maximum Gasteiger partial charge on any atom is 0.407 e. The number of hydrogen-bond acceptors (Lipinski definition) is 7. The van der Waals surface area contributed by atoms with Crippen molar-refractivity contribution < 1.29 is 33.4 Å². The van der Waals surface area contributed by atoms with Crippen LogP contribution in [-0.4, -0.2) is 78.4 Å². The molecule has 40 heavy (non-hydrogen) atoms. The van der Waals surface area contributed by atoms with Gasteiger partial charge in [0.05, 0.1) is 12.0 Å². The number of esters is 1. The van der Waals surface area contributed by atoms with Crippen LogP contribution in [0.1, 0.15) is 24.5 Å². The molecule has 0 bridgehead atoms. The van der Waals surface area contributed by atoms with Crippen molar-refractivity contribution >= 4 is 41.4 Å². The Bertz CT molecular complexity index is 1170. The van der Waals surface area contributed by atoms with Crippen LogP contribution in [0, 0.1) is 0 Å². The lowest BCUT2D eigenvalue weighted by Gasteiger charge is -2.29. The van der Waals surface area contributed by atoms with E-state index in [2.05, 4.69) is 16.0 Å². The highest BCUT2D eigenvalue weighted by Crippen LogP contribution is 2.25. The van der Waals surface area contributed by atoms with Crippen LogP contribution in [0.15, 0.2) is 60.7 Å².